The average molecular weight is 378 g/mol. The van der Waals surface area contributed by atoms with Gasteiger partial charge in [-0.1, -0.05) is 18.2 Å². The molecule has 146 valence electrons. The van der Waals surface area contributed by atoms with Crippen LogP contribution in [0.25, 0.3) is 17.2 Å². The Morgan fingerprint density at radius 3 is 2.89 bits per heavy atom. The van der Waals surface area contributed by atoms with Crippen molar-refractivity contribution in [2.24, 2.45) is 0 Å². The number of methoxy groups -OCH3 is 2. The van der Waals surface area contributed by atoms with Crippen LogP contribution in [0.4, 0.5) is 5.69 Å². The van der Waals surface area contributed by atoms with Gasteiger partial charge in [0.25, 0.3) is 0 Å². The Balaban J connectivity index is 1.73. The largest absolute Gasteiger partial charge is 0.497 e. The maximum Gasteiger partial charge on any atom is 0.330 e. The number of hydrogen-bond acceptors (Lipinski definition) is 5. The highest BCUT2D eigenvalue weighted by molar-refractivity contribution is 5.89. The first-order valence-corrected chi connectivity index (χ1v) is 9.74. The fourth-order valence-corrected chi connectivity index (χ4v) is 4.18. The summed E-state index contributed by atoms with van der Waals surface area (Å²) in [5.74, 6) is 0.385. The second kappa shape index (κ2) is 8.07. The molecule has 0 spiro atoms. The van der Waals surface area contributed by atoms with Gasteiger partial charge < -0.3 is 19.7 Å². The number of carbonyl (C=O) groups is 1. The molecule has 0 amide bonds. The highest BCUT2D eigenvalue weighted by Crippen LogP contribution is 2.38. The zero-order chi connectivity index (χ0) is 19.5. The van der Waals surface area contributed by atoms with Crippen LogP contribution in [-0.4, -0.2) is 45.9 Å². The van der Waals surface area contributed by atoms with Crippen LogP contribution in [0.3, 0.4) is 0 Å². The van der Waals surface area contributed by atoms with Crippen molar-refractivity contribution in [1.82, 2.24) is 5.32 Å². The average Bonchev–Trinajstić information content (AvgIpc) is 2.91. The summed E-state index contributed by atoms with van der Waals surface area (Å²) in [6.07, 6.45) is 5.53. The number of fused-ring (bicyclic) bond motifs is 3. The summed E-state index contributed by atoms with van der Waals surface area (Å²) in [5, 5.41) is 3.50. The molecular formula is C23H26N2O3. The molecule has 0 aromatic heterocycles. The van der Waals surface area contributed by atoms with Gasteiger partial charge in [-0.15, -0.1) is 0 Å². The number of benzene rings is 2. The molecule has 0 bridgehead atoms. The third-order valence-corrected chi connectivity index (χ3v) is 5.64. The van der Waals surface area contributed by atoms with E-state index in [1.807, 2.05) is 18.2 Å². The van der Waals surface area contributed by atoms with E-state index < -0.39 is 0 Å². The molecule has 0 radical (unpaired) electrons. The van der Waals surface area contributed by atoms with Crippen LogP contribution in [-0.2, 0) is 16.0 Å². The Morgan fingerprint density at radius 2 is 2.07 bits per heavy atom. The lowest BCUT2D eigenvalue weighted by Gasteiger charge is -2.25. The van der Waals surface area contributed by atoms with E-state index in [-0.39, 0.29) is 5.97 Å². The molecule has 5 heteroatoms. The minimum atomic E-state index is -0.373. The van der Waals surface area contributed by atoms with Gasteiger partial charge in [0.1, 0.15) is 5.75 Å². The second-order valence-corrected chi connectivity index (χ2v) is 7.24. The summed E-state index contributed by atoms with van der Waals surface area (Å²) >= 11 is 0. The zero-order valence-electron chi connectivity index (χ0n) is 16.4. The van der Waals surface area contributed by atoms with Gasteiger partial charge >= 0.3 is 5.97 Å². The van der Waals surface area contributed by atoms with E-state index >= 15 is 0 Å². The van der Waals surface area contributed by atoms with Crippen molar-refractivity contribution in [3.8, 4) is 16.9 Å². The Hall–Kier alpha value is -2.79. The van der Waals surface area contributed by atoms with Crippen molar-refractivity contribution in [2.75, 3.05) is 38.8 Å². The van der Waals surface area contributed by atoms with Crippen LogP contribution in [0.5, 0.6) is 5.75 Å². The smallest absolute Gasteiger partial charge is 0.330 e. The van der Waals surface area contributed by atoms with E-state index in [1.165, 1.54) is 30.9 Å². The van der Waals surface area contributed by atoms with E-state index in [0.29, 0.717) is 6.04 Å². The second-order valence-electron chi connectivity index (χ2n) is 7.24. The van der Waals surface area contributed by atoms with E-state index in [0.717, 1.165) is 48.5 Å². The molecule has 2 aromatic carbocycles. The summed E-state index contributed by atoms with van der Waals surface area (Å²) in [6, 6.07) is 13.3. The third-order valence-electron chi connectivity index (χ3n) is 5.64. The lowest BCUT2D eigenvalue weighted by molar-refractivity contribution is -0.134. The Kier molecular flexibility index (Phi) is 5.35. The molecule has 2 heterocycles. The number of carbonyl (C=O) groups excluding carboxylic acids is 1. The quantitative estimate of drug-likeness (QED) is 0.654. The Labute approximate surface area is 165 Å². The predicted octanol–water partition coefficient (Wildman–Crippen LogP) is 3.27. The van der Waals surface area contributed by atoms with Crippen LogP contribution in [0.15, 0.2) is 42.5 Å². The molecule has 0 saturated carbocycles. The predicted molar refractivity (Wildman–Crippen MR) is 112 cm³/mol. The van der Waals surface area contributed by atoms with Crippen LogP contribution in [0.1, 0.15) is 17.5 Å². The highest BCUT2D eigenvalue weighted by Gasteiger charge is 2.30. The van der Waals surface area contributed by atoms with Crippen molar-refractivity contribution >= 4 is 17.7 Å². The number of rotatable bonds is 4. The van der Waals surface area contributed by atoms with Gasteiger partial charge in [-0.25, -0.2) is 4.79 Å². The maximum atomic E-state index is 11.6. The summed E-state index contributed by atoms with van der Waals surface area (Å²) in [6.45, 7) is 3.15. The molecule has 2 aliphatic heterocycles. The van der Waals surface area contributed by atoms with Crippen molar-refractivity contribution in [2.45, 2.75) is 18.9 Å². The third kappa shape index (κ3) is 3.62. The number of nitrogens with zero attached hydrogens (tertiary/aromatic N) is 1. The first-order chi connectivity index (χ1) is 13.7. The molecule has 1 fully saturated rings. The molecule has 28 heavy (non-hydrogen) atoms. The fourth-order valence-electron chi connectivity index (χ4n) is 4.18. The minimum Gasteiger partial charge on any atom is -0.497 e. The standard InChI is InChI=1S/C23H26N2O3/c1-27-20-6-7-21(16(14-20)5-8-23(26)28-2)17-3-4-18-13-19-9-10-24-11-12-25(19)22(18)15-17/h3-8,14-15,19,24H,9-13H2,1-2H3/b8-5+. The molecule has 2 aliphatic rings. The first kappa shape index (κ1) is 18.6. The summed E-state index contributed by atoms with van der Waals surface area (Å²) in [7, 11) is 3.03. The summed E-state index contributed by atoms with van der Waals surface area (Å²) in [5.41, 5.74) is 5.90. The van der Waals surface area contributed by atoms with Crippen LogP contribution < -0.4 is 15.0 Å². The van der Waals surface area contributed by atoms with Crippen molar-refractivity contribution in [3.63, 3.8) is 0 Å². The summed E-state index contributed by atoms with van der Waals surface area (Å²) < 4.78 is 10.1. The number of hydrogen-bond donors (Lipinski definition) is 1. The Morgan fingerprint density at radius 1 is 1.18 bits per heavy atom. The highest BCUT2D eigenvalue weighted by atomic mass is 16.5. The number of nitrogens with one attached hydrogen (secondary N) is 1. The summed E-state index contributed by atoms with van der Waals surface area (Å²) in [4.78, 5) is 14.1. The number of esters is 1. The molecular weight excluding hydrogens is 352 g/mol. The van der Waals surface area contributed by atoms with Crippen molar-refractivity contribution in [1.29, 1.82) is 0 Å². The number of ether oxygens (including phenoxy) is 2. The lowest BCUT2D eigenvalue weighted by atomic mass is 9.97. The molecule has 0 aliphatic carbocycles. The van der Waals surface area contributed by atoms with Gasteiger partial charge in [-0.05, 0) is 65.9 Å². The molecule has 2 aromatic rings. The van der Waals surface area contributed by atoms with Gasteiger partial charge in [0, 0.05) is 30.9 Å². The zero-order valence-corrected chi connectivity index (χ0v) is 16.4. The van der Waals surface area contributed by atoms with Crippen molar-refractivity contribution < 1.29 is 14.3 Å². The van der Waals surface area contributed by atoms with Crippen LogP contribution in [0.2, 0.25) is 0 Å². The SMILES string of the molecule is COC(=O)/C=C/c1cc(OC)ccc1-c1ccc2c(c1)N1CCNCCC1C2. The first-order valence-electron chi connectivity index (χ1n) is 9.74. The van der Waals surface area contributed by atoms with Gasteiger partial charge in [0.2, 0.25) is 0 Å². The van der Waals surface area contributed by atoms with Gasteiger partial charge in [-0.3, -0.25) is 0 Å². The van der Waals surface area contributed by atoms with Gasteiger partial charge in [0.15, 0.2) is 0 Å². The molecule has 1 N–H and O–H groups in total. The van der Waals surface area contributed by atoms with Crippen LogP contribution >= 0.6 is 0 Å². The fraction of sp³-hybridized carbons (Fsp3) is 0.348. The maximum absolute atomic E-state index is 11.6. The van der Waals surface area contributed by atoms with Crippen molar-refractivity contribution in [3.05, 3.63) is 53.6 Å². The van der Waals surface area contributed by atoms with Gasteiger partial charge in [-0.2, -0.15) is 0 Å². The van der Waals surface area contributed by atoms with Crippen LogP contribution in [0, 0.1) is 0 Å². The molecule has 1 atom stereocenters. The molecule has 5 nitrogen and oxygen atoms in total. The van der Waals surface area contributed by atoms with E-state index in [4.69, 9.17) is 9.47 Å². The normalized spacial score (nSPS) is 18.5. The topological polar surface area (TPSA) is 50.8 Å². The molecule has 1 saturated heterocycles. The monoisotopic (exact) mass is 378 g/mol. The minimum absolute atomic E-state index is 0.373. The van der Waals surface area contributed by atoms with E-state index in [1.54, 1.807) is 13.2 Å². The molecule has 4 rings (SSSR count). The Bertz CT molecular complexity index is 907. The lowest BCUT2D eigenvalue weighted by Crippen LogP contribution is -2.32. The van der Waals surface area contributed by atoms with Gasteiger partial charge in [0.05, 0.1) is 14.2 Å². The molecule has 1 unspecified atom stereocenters. The van der Waals surface area contributed by atoms with E-state index in [2.05, 4.69) is 28.4 Å². The van der Waals surface area contributed by atoms with E-state index in [9.17, 15) is 4.79 Å². The number of anilines is 1.